The third-order valence-corrected chi connectivity index (χ3v) is 2.31. The zero-order valence-corrected chi connectivity index (χ0v) is 8.21. The molecular formula is C11H11NO3. The highest BCUT2D eigenvalue weighted by Crippen LogP contribution is 2.23. The van der Waals surface area contributed by atoms with Crippen LogP contribution in [-0.2, 0) is 0 Å². The number of benzene rings is 1. The number of rotatable bonds is 1. The van der Waals surface area contributed by atoms with Crippen molar-refractivity contribution in [2.24, 2.45) is 0 Å². The van der Waals surface area contributed by atoms with Crippen molar-refractivity contribution in [3.63, 3.8) is 0 Å². The van der Waals surface area contributed by atoms with Gasteiger partial charge in [-0.25, -0.2) is 0 Å². The van der Waals surface area contributed by atoms with Gasteiger partial charge in [-0.1, -0.05) is 12.1 Å². The largest absolute Gasteiger partial charge is 0.507 e. The van der Waals surface area contributed by atoms with Crippen LogP contribution < -0.4 is 5.56 Å². The molecule has 0 saturated carbocycles. The Morgan fingerprint density at radius 1 is 1.33 bits per heavy atom. The lowest BCUT2D eigenvalue weighted by Crippen LogP contribution is -2.22. The van der Waals surface area contributed by atoms with Crippen molar-refractivity contribution in [1.82, 2.24) is 4.57 Å². The minimum Gasteiger partial charge on any atom is -0.507 e. The predicted molar refractivity (Wildman–Crippen MR) is 56.8 cm³/mol. The SMILES string of the molecule is CC(O)n1c(=O)cc(O)c2ccccc21. The van der Waals surface area contributed by atoms with E-state index in [1.807, 2.05) is 0 Å². The minimum absolute atomic E-state index is 0.0625. The maximum atomic E-state index is 11.5. The van der Waals surface area contributed by atoms with Crippen molar-refractivity contribution in [2.75, 3.05) is 0 Å². The number of hydrogen-bond donors (Lipinski definition) is 2. The van der Waals surface area contributed by atoms with E-state index in [9.17, 15) is 15.0 Å². The van der Waals surface area contributed by atoms with Gasteiger partial charge in [-0.15, -0.1) is 0 Å². The normalized spacial score (nSPS) is 12.9. The van der Waals surface area contributed by atoms with Crippen molar-refractivity contribution in [1.29, 1.82) is 0 Å². The molecule has 1 aromatic heterocycles. The van der Waals surface area contributed by atoms with Crippen LogP contribution in [0.15, 0.2) is 35.1 Å². The molecule has 0 fully saturated rings. The predicted octanol–water partition coefficient (Wildman–Crippen LogP) is 1.22. The van der Waals surface area contributed by atoms with E-state index in [0.29, 0.717) is 10.9 Å². The Morgan fingerprint density at radius 2 is 2.00 bits per heavy atom. The minimum atomic E-state index is -0.914. The molecule has 1 atom stereocenters. The summed E-state index contributed by atoms with van der Waals surface area (Å²) in [6.07, 6.45) is -0.914. The van der Waals surface area contributed by atoms with Crippen LogP contribution in [0.3, 0.4) is 0 Å². The van der Waals surface area contributed by atoms with E-state index in [0.717, 1.165) is 6.07 Å². The summed E-state index contributed by atoms with van der Waals surface area (Å²) in [5, 5.41) is 19.6. The fourth-order valence-corrected chi connectivity index (χ4v) is 1.67. The first-order valence-electron chi connectivity index (χ1n) is 4.62. The van der Waals surface area contributed by atoms with E-state index in [-0.39, 0.29) is 5.75 Å². The summed E-state index contributed by atoms with van der Waals surface area (Å²) in [5.41, 5.74) is 0.110. The third-order valence-electron chi connectivity index (χ3n) is 2.31. The Balaban J connectivity index is 2.96. The van der Waals surface area contributed by atoms with E-state index in [4.69, 9.17) is 0 Å². The number of pyridine rings is 1. The summed E-state index contributed by atoms with van der Waals surface area (Å²) in [6.45, 7) is 1.50. The Labute approximate surface area is 86.0 Å². The van der Waals surface area contributed by atoms with Crippen LogP contribution in [-0.4, -0.2) is 14.8 Å². The van der Waals surface area contributed by atoms with Gasteiger partial charge in [0.15, 0.2) is 0 Å². The van der Waals surface area contributed by atoms with Crippen LogP contribution in [0.25, 0.3) is 10.9 Å². The second-order valence-electron chi connectivity index (χ2n) is 3.39. The summed E-state index contributed by atoms with van der Waals surface area (Å²) in [5.74, 6) is -0.0625. The molecule has 0 aliphatic rings. The molecule has 2 aromatic rings. The van der Waals surface area contributed by atoms with Crippen molar-refractivity contribution >= 4 is 10.9 Å². The first-order chi connectivity index (χ1) is 7.11. The molecule has 0 aliphatic heterocycles. The van der Waals surface area contributed by atoms with Crippen LogP contribution in [0.4, 0.5) is 0 Å². The van der Waals surface area contributed by atoms with Crippen molar-refractivity contribution in [3.05, 3.63) is 40.7 Å². The Kier molecular flexibility index (Phi) is 2.21. The van der Waals surface area contributed by atoms with Crippen molar-refractivity contribution in [3.8, 4) is 5.75 Å². The molecule has 0 bridgehead atoms. The lowest BCUT2D eigenvalue weighted by molar-refractivity contribution is 0.125. The second-order valence-corrected chi connectivity index (χ2v) is 3.39. The number of aromatic hydroxyl groups is 1. The van der Waals surface area contributed by atoms with Gasteiger partial charge >= 0.3 is 0 Å². The number of aromatic nitrogens is 1. The van der Waals surface area contributed by atoms with Gasteiger partial charge in [0.1, 0.15) is 12.0 Å². The van der Waals surface area contributed by atoms with E-state index in [1.165, 1.54) is 11.5 Å². The van der Waals surface area contributed by atoms with E-state index >= 15 is 0 Å². The fourth-order valence-electron chi connectivity index (χ4n) is 1.67. The molecule has 2 rings (SSSR count). The number of aliphatic hydroxyl groups is 1. The molecule has 1 heterocycles. The van der Waals surface area contributed by atoms with E-state index < -0.39 is 11.8 Å². The Hall–Kier alpha value is -1.81. The topological polar surface area (TPSA) is 62.5 Å². The molecule has 1 unspecified atom stereocenters. The van der Waals surface area contributed by atoms with Crippen molar-refractivity contribution < 1.29 is 10.2 Å². The van der Waals surface area contributed by atoms with Gasteiger partial charge in [0, 0.05) is 11.5 Å². The maximum Gasteiger partial charge on any atom is 0.256 e. The molecule has 15 heavy (non-hydrogen) atoms. The summed E-state index contributed by atoms with van der Waals surface area (Å²) in [6, 6.07) is 8.00. The van der Waals surface area contributed by atoms with Gasteiger partial charge in [-0.2, -0.15) is 0 Å². The van der Waals surface area contributed by atoms with Crippen LogP contribution in [0.1, 0.15) is 13.2 Å². The van der Waals surface area contributed by atoms with E-state index in [1.54, 1.807) is 24.3 Å². The molecule has 0 amide bonds. The molecule has 4 nitrogen and oxygen atoms in total. The molecule has 1 aromatic carbocycles. The lowest BCUT2D eigenvalue weighted by Gasteiger charge is -2.13. The Bertz CT molecular complexity index is 557. The quantitative estimate of drug-likeness (QED) is 0.735. The zero-order valence-electron chi connectivity index (χ0n) is 8.21. The second kappa shape index (κ2) is 3.40. The molecule has 2 N–H and O–H groups in total. The number of nitrogens with zero attached hydrogens (tertiary/aromatic N) is 1. The van der Waals surface area contributed by atoms with Crippen LogP contribution >= 0.6 is 0 Å². The smallest absolute Gasteiger partial charge is 0.256 e. The number of hydrogen-bond acceptors (Lipinski definition) is 3. The van der Waals surface area contributed by atoms with Gasteiger partial charge in [0.05, 0.1) is 5.52 Å². The van der Waals surface area contributed by atoms with Crippen LogP contribution in [0.5, 0.6) is 5.75 Å². The van der Waals surface area contributed by atoms with Crippen LogP contribution in [0, 0.1) is 0 Å². The van der Waals surface area contributed by atoms with Gasteiger partial charge in [-0.05, 0) is 19.1 Å². The molecule has 0 aliphatic carbocycles. The highest BCUT2D eigenvalue weighted by atomic mass is 16.3. The zero-order chi connectivity index (χ0) is 11.0. The average Bonchev–Trinajstić information content (AvgIpc) is 2.17. The highest BCUT2D eigenvalue weighted by molar-refractivity contribution is 5.84. The molecule has 78 valence electrons. The maximum absolute atomic E-state index is 11.5. The summed E-state index contributed by atoms with van der Waals surface area (Å²) >= 11 is 0. The highest BCUT2D eigenvalue weighted by Gasteiger charge is 2.10. The first kappa shape index (κ1) is 9.73. The molecular weight excluding hydrogens is 194 g/mol. The number of aliphatic hydroxyl groups excluding tert-OH is 1. The molecule has 0 saturated heterocycles. The lowest BCUT2D eigenvalue weighted by atomic mass is 10.2. The van der Waals surface area contributed by atoms with Gasteiger partial charge < -0.3 is 10.2 Å². The standard InChI is InChI=1S/C11H11NO3/c1-7(13)12-9-5-3-2-4-8(9)10(14)6-11(12)15/h2-7,13-14H,1H3. The average molecular weight is 205 g/mol. The van der Waals surface area contributed by atoms with Crippen molar-refractivity contribution in [2.45, 2.75) is 13.2 Å². The molecule has 0 spiro atoms. The summed E-state index contributed by atoms with van der Waals surface area (Å²) in [7, 11) is 0. The Morgan fingerprint density at radius 3 is 2.67 bits per heavy atom. The monoisotopic (exact) mass is 205 g/mol. The van der Waals surface area contributed by atoms with Gasteiger partial charge in [-0.3, -0.25) is 9.36 Å². The van der Waals surface area contributed by atoms with Crippen LogP contribution in [0.2, 0.25) is 0 Å². The molecule has 4 heteroatoms. The number of fused-ring (bicyclic) bond motifs is 1. The third kappa shape index (κ3) is 1.49. The summed E-state index contributed by atoms with van der Waals surface area (Å²) < 4.78 is 1.23. The summed E-state index contributed by atoms with van der Waals surface area (Å²) in [4.78, 5) is 11.5. The molecule has 0 radical (unpaired) electrons. The van der Waals surface area contributed by atoms with Gasteiger partial charge in [0.25, 0.3) is 5.56 Å². The fraction of sp³-hybridized carbons (Fsp3) is 0.182. The van der Waals surface area contributed by atoms with Gasteiger partial charge in [0.2, 0.25) is 0 Å². The first-order valence-corrected chi connectivity index (χ1v) is 4.62. The number of para-hydroxylation sites is 1. The van der Waals surface area contributed by atoms with E-state index in [2.05, 4.69) is 0 Å².